The third-order valence-corrected chi connectivity index (χ3v) is 0. The second-order valence-electron chi connectivity index (χ2n) is 0. The summed E-state index contributed by atoms with van der Waals surface area (Å²) in [6, 6.07) is 0. The van der Waals surface area contributed by atoms with Gasteiger partial charge in [0.25, 0.3) is 0 Å². The molecule has 0 bridgehead atoms. The Labute approximate surface area is 75.3 Å². The second-order valence-corrected chi connectivity index (χ2v) is 0. The van der Waals surface area contributed by atoms with Crippen LogP contribution < -0.4 is 0 Å². The van der Waals surface area contributed by atoms with E-state index in [1.165, 1.54) is 0 Å². The molecule has 0 rings (SSSR count). The Kier molecular flexibility index (Phi) is 146. The van der Waals surface area contributed by atoms with Crippen LogP contribution in [-0.4, -0.2) is 76.3 Å². The van der Waals surface area contributed by atoms with E-state index in [0.717, 1.165) is 0 Å². The molecular weight excluding hydrogens is 354 g/mol. The van der Waals surface area contributed by atoms with Crippen LogP contribution in [0.2, 0.25) is 0 Å². The van der Waals surface area contributed by atoms with Gasteiger partial charge in [0, 0.05) is 58.3 Å². The fourth-order valence-corrected chi connectivity index (χ4v) is 0. The summed E-state index contributed by atoms with van der Waals surface area (Å²) >= 11 is 0. The first-order chi connectivity index (χ1) is 0. The van der Waals surface area contributed by atoms with E-state index in [1.807, 2.05) is 0 Å². The fraction of sp³-hybridized carbons (Fsp3) is 0. The van der Waals surface area contributed by atoms with Crippen LogP contribution in [-0.2, 0) is 0 Å². The Balaban J connectivity index is 0. The molecule has 0 aromatic heterocycles. The summed E-state index contributed by atoms with van der Waals surface area (Å²) in [5, 5.41) is 0. The van der Waals surface area contributed by atoms with E-state index >= 15 is 0 Å². The summed E-state index contributed by atoms with van der Waals surface area (Å²) in [5.41, 5.74) is 0. The molecule has 0 aromatic carbocycles. The van der Waals surface area contributed by atoms with E-state index < -0.39 is 0 Å². The van der Waals surface area contributed by atoms with Gasteiger partial charge >= 0.3 is 18.0 Å². The number of hydrogen-bond acceptors (Lipinski definition) is 0. The number of hydrogen-bond donors (Lipinski definition) is 0. The van der Waals surface area contributed by atoms with Crippen LogP contribution in [0, 0.1) is 0 Å². The van der Waals surface area contributed by atoms with Gasteiger partial charge in [-0.15, -0.1) is 0 Å². The zero-order valence-corrected chi connectivity index (χ0v) is 11.1. The molecule has 8 radical (unpaired) electrons. The summed E-state index contributed by atoms with van der Waals surface area (Å²) in [6.45, 7) is 0. The molecule has 0 nitrogen and oxygen atoms in total. The average Bonchev–Trinajstić information content (AvgIpc) is 0. The maximum Gasteiger partial charge on any atom is 0 e. The molecule has 0 aliphatic rings. The molecule has 0 fully saturated rings. The first-order valence-corrected chi connectivity index (χ1v) is 0. The van der Waals surface area contributed by atoms with Crippen molar-refractivity contribution in [2.45, 2.75) is 0 Å². The summed E-state index contributed by atoms with van der Waals surface area (Å²) in [4.78, 5) is 0. The Hall–Kier alpha value is 2.41. The normalized spacial score (nSPS) is 0. The fourth-order valence-electron chi connectivity index (χ4n) is 0. The minimum Gasteiger partial charge on any atom is 0 e. The third-order valence-electron chi connectivity index (χ3n) is 0. The zero-order chi connectivity index (χ0) is 0. The summed E-state index contributed by atoms with van der Waals surface area (Å²) in [5.74, 6) is 0. The quantitative estimate of drug-likeness (QED) is 0.427. The van der Waals surface area contributed by atoms with Crippen LogP contribution in [0.1, 0.15) is 0 Å². The zero-order valence-electron chi connectivity index (χ0n) is 2.02. The molecule has 24 valence electrons. The first-order valence-electron chi connectivity index (χ1n) is 0. The van der Waals surface area contributed by atoms with Gasteiger partial charge in [0.2, 0.25) is 0 Å². The first kappa shape index (κ1) is 32.3. The Morgan fingerprint density at radius 1 is 1.00 bits per heavy atom. The predicted molar refractivity (Wildman–Crippen MR) is 27.2 cm³/mol. The molecule has 0 spiro atoms. The largest absolute Gasteiger partial charge is 0 e. The van der Waals surface area contributed by atoms with Crippen LogP contribution in [0.4, 0.5) is 0 Å². The summed E-state index contributed by atoms with van der Waals surface area (Å²) < 4.78 is 0. The van der Waals surface area contributed by atoms with Crippen LogP contribution >= 0.6 is 0 Å². The molecule has 0 heterocycles. The van der Waals surface area contributed by atoms with Crippen molar-refractivity contribution in [1.29, 1.82) is 0 Å². The van der Waals surface area contributed by atoms with Gasteiger partial charge in [-0.05, 0) is 0 Å². The number of rotatable bonds is 0. The van der Waals surface area contributed by atoms with Gasteiger partial charge in [0.15, 0.2) is 0 Å². The SMILES string of the molecule is [AsH3].[Ge].[Se].[Te]. The Bertz CT molecular complexity index is 8.00. The molecule has 0 saturated heterocycles. The van der Waals surface area contributed by atoms with Crippen molar-refractivity contribution in [3.63, 3.8) is 0 Å². The van der Waals surface area contributed by atoms with Crippen LogP contribution in [0.5, 0.6) is 0 Å². The van der Waals surface area contributed by atoms with Crippen molar-refractivity contribution in [2.75, 3.05) is 0 Å². The molecule has 4 heteroatoms. The molecule has 0 aliphatic heterocycles. The molecule has 0 amide bonds. The van der Waals surface area contributed by atoms with Gasteiger partial charge in [-0.1, -0.05) is 0 Å². The van der Waals surface area contributed by atoms with Gasteiger partial charge in [-0.25, -0.2) is 0 Å². The second kappa shape index (κ2) is 18.1. The van der Waals surface area contributed by atoms with Gasteiger partial charge in [0.05, 0.1) is 0 Å². The van der Waals surface area contributed by atoms with Crippen LogP contribution in [0.3, 0.4) is 0 Å². The predicted octanol–water partition coefficient (Wildman–Crippen LogP) is -2.33. The summed E-state index contributed by atoms with van der Waals surface area (Å²) in [7, 11) is 0. The smallest absolute Gasteiger partial charge is 0 e. The molecule has 0 aliphatic carbocycles. The third kappa shape index (κ3) is 8.83. The average molecular weight is 357 g/mol. The molecule has 0 aromatic rings. The maximum absolute atomic E-state index is 0. The molecule has 4 heavy (non-hydrogen) atoms. The van der Waals surface area contributed by atoms with E-state index in [0.29, 0.717) is 0 Å². The maximum atomic E-state index is 0. The topological polar surface area (TPSA) is 0 Å². The van der Waals surface area contributed by atoms with Gasteiger partial charge < -0.3 is 0 Å². The van der Waals surface area contributed by atoms with Crippen molar-refractivity contribution in [1.82, 2.24) is 0 Å². The standard InChI is InChI=1S/AsH3.Ge.Se.Te/h1H3;;;. The Morgan fingerprint density at radius 3 is 1.00 bits per heavy atom. The molecule has 0 N–H and O–H groups in total. The van der Waals surface area contributed by atoms with Crippen molar-refractivity contribution in [2.24, 2.45) is 0 Å². The van der Waals surface area contributed by atoms with E-state index in [2.05, 4.69) is 0 Å². The molecular formula is H3AsGeSeTe. The van der Waals surface area contributed by atoms with Crippen molar-refractivity contribution in [3.05, 3.63) is 0 Å². The van der Waals surface area contributed by atoms with Gasteiger partial charge in [-0.3, -0.25) is 0 Å². The van der Waals surface area contributed by atoms with E-state index in [1.54, 1.807) is 0 Å². The van der Waals surface area contributed by atoms with E-state index in [-0.39, 0.29) is 76.3 Å². The van der Waals surface area contributed by atoms with Crippen LogP contribution in [0.15, 0.2) is 0 Å². The van der Waals surface area contributed by atoms with Crippen molar-refractivity contribution in [3.8, 4) is 0 Å². The van der Waals surface area contributed by atoms with Gasteiger partial charge in [0.1, 0.15) is 0 Å². The molecule has 1 unspecified atom stereocenters. The monoisotopic (exact) mass is 362 g/mol. The Morgan fingerprint density at radius 2 is 1.00 bits per heavy atom. The minimum absolute atomic E-state index is 0. The molecule has 1 atom stereocenters. The van der Waals surface area contributed by atoms with E-state index in [9.17, 15) is 0 Å². The van der Waals surface area contributed by atoms with Crippen molar-refractivity contribution >= 4 is 76.3 Å². The molecule has 0 saturated carbocycles. The van der Waals surface area contributed by atoms with Crippen molar-refractivity contribution < 1.29 is 0 Å². The van der Waals surface area contributed by atoms with Gasteiger partial charge in [-0.2, -0.15) is 0 Å². The minimum atomic E-state index is 0. The summed E-state index contributed by atoms with van der Waals surface area (Å²) in [6.07, 6.45) is 0. The van der Waals surface area contributed by atoms with E-state index in [4.69, 9.17) is 0 Å². The van der Waals surface area contributed by atoms with Crippen LogP contribution in [0.25, 0.3) is 0 Å².